The molecule has 2 nitrogen and oxygen atoms in total. The Morgan fingerprint density at radius 1 is 1.04 bits per heavy atom. The number of hydrogen-bond donors (Lipinski definition) is 0. The lowest BCUT2D eigenvalue weighted by atomic mass is 9.52. The van der Waals surface area contributed by atoms with Gasteiger partial charge in [0.05, 0.1) is 6.10 Å². The van der Waals surface area contributed by atoms with Crippen LogP contribution in [0, 0.1) is 29.1 Å². The fraction of sp³-hybridized carbons (Fsp3) is 0.857. The van der Waals surface area contributed by atoms with Crippen molar-refractivity contribution in [2.75, 3.05) is 0 Å². The van der Waals surface area contributed by atoms with Crippen molar-refractivity contribution in [1.29, 1.82) is 0 Å². The highest BCUT2D eigenvalue weighted by Crippen LogP contribution is 2.62. The van der Waals surface area contributed by atoms with E-state index >= 15 is 0 Å². The Kier molecular flexibility index (Phi) is 4.12. The zero-order valence-electron chi connectivity index (χ0n) is 15.9. The predicted octanol–water partition coefficient (Wildman–Crippen LogP) is 5.35. The molecule has 0 aromatic heterocycles. The Labute approximate surface area is 148 Å². The lowest BCUT2D eigenvalue weighted by Crippen LogP contribution is -2.49. The Hall–Kier alpha value is -0.413. The second-order valence-electron chi connectivity index (χ2n) is 10.1. The Morgan fingerprint density at radius 2 is 1.83 bits per heavy atom. The van der Waals surface area contributed by atoms with Crippen molar-refractivity contribution < 1.29 is 9.22 Å². The minimum absolute atomic E-state index is 0.379. The van der Waals surface area contributed by atoms with Crippen LogP contribution < -0.4 is 0 Å². The Bertz CT molecular complexity index is 561. The molecule has 0 heterocycles. The van der Waals surface area contributed by atoms with Gasteiger partial charge in [0, 0.05) is 6.42 Å². The maximum Gasteiger partial charge on any atom is 0.184 e. The highest BCUT2D eigenvalue weighted by Gasteiger charge is 2.57. The van der Waals surface area contributed by atoms with Gasteiger partial charge in [-0.3, -0.25) is 4.79 Å². The monoisotopic (exact) mass is 346 g/mol. The highest BCUT2D eigenvalue weighted by atomic mass is 28.4. The van der Waals surface area contributed by atoms with E-state index in [0.717, 1.165) is 36.5 Å². The first-order chi connectivity index (χ1) is 11.3. The molecule has 4 rings (SSSR count). The number of carbonyl (C=O) groups excluding carboxylic acids is 1. The van der Waals surface area contributed by atoms with Crippen LogP contribution in [0.4, 0.5) is 0 Å². The number of fused-ring (bicyclic) bond motifs is 5. The third-order valence-electron chi connectivity index (χ3n) is 7.71. The van der Waals surface area contributed by atoms with Crippen LogP contribution in [0.15, 0.2) is 11.6 Å². The van der Waals surface area contributed by atoms with Crippen molar-refractivity contribution in [3.63, 3.8) is 0 Å². The number of hydrogen-bond acceptors (Lipinski definition) is 2. The molecule has 0 aromatic rings. The van der Waals surface area contributed by atoms with Crippen LogP contribution in [0.2, 0.25) is 19.6 Å². The van der Waals surface area contributed by atoms with Gasteiger partial charge in [0.2, 0.25) is 0 Å². The number of allylic oxidation sites excluding steroid dienone is 1. The third kappa shape index (κ3) is 2.76. The normalized spacial score (nSPS) is 45.2. The summed E-state index contributed by atoms with van der Waals surface area (Å²) in [5.41, 5.74) is 1.91. The molecule has 0 spiro atoms. The van der Waals surface area contributed by atoms with Gasteiger partial charge in [0.1, 0.15) is 0 Å². The summed E-state index contributed by atoms with van der Waals surface area (Å²) in [6.45, 7) is 9.56. The van der Waals surface area contributed by atoms with Crippen molar-refractivity contribution >= 4 is 14.1 Å². The summed E-state index contributed by atoms with van der Waals surface area (Å²) in [7, 11) is -1.47. The summed E-state index contributed by atoms with van der Waals surface area (Å²) in [6, 6.07) is 0. The molecule has 1 unspecified atom stereocenters. The van der Waals surface area contributed by atoms with Crippen LogP contribution in [0.5, 0.6) is 0 Å². The van der Waals surface area contributed by atoms with E-state index in [-0.39, 0.29) is 0 Å². The molecule has 6 atom stereocenters. The molecule has 0 bridgehead atoms. The second-order valence-corrected chi connectivity index (χ2v) is 14.6. The van der Waals surface area contributed by atoms with Gasteiger partial charge in [0.15, 0.2) is 14.1 Å². The lowest BCUT2D eigenvalue weighted by Gasteiger charge is -2.54. The van der Waals surface area contributed by atoms with E-state index in [9.17, 15) is 4.79 Å². The largest absolute Gasteiger partial charge is 0.414 e. The van der Waals surface area contributed by atoms with Gasteiger partial charge in [-0.25, -0.2) is 0 Å². The summed E-state index contributed by atoms with van der Waals surface area (Å²) >= 11 is 0. The van der Waals surface area contributed by atoms with E-state index in [4.69, 9.17) is 4.43 Å². The summed E-state index contributed by atoms with van der Waals surface area (Å²) in [6.07, 6.45) is 12.3. The average molecular weight is 347 g/mol. The van der Waals surface area contributed by atoms with Gasteiger partial charge in [-0.05, 0) is 99.7 Å². The van der Waals surface area contributed by atoms with Gasteiger partial charge in [0.25, 0.3) is 0 Å². The predicted molar refractivity (Wildman–Crippen MR) is 100 cm³/mol. The maximum atomic E-state index is 11.8. The summed E-state index contributed by atoms with van der Waals surface area (Å²) in [5, 5.41) is 0. The molecular weight excluding hydrogens is 312 g/mol. The maximum absolute atomic E-state index is 11.8. The van der Waals surface area contributed by atoms with Gasteiger partial charge in [-0.2, -0.15) is 0 Å². The van der Waals surface area contributed by atoms with Crippen LogP contribution in [-0.4, -0.2) is 20.2 Å². The van der Waals surface area contributed by atoms with E-state index in [2.05, 4.69) is 26.6 Å². The molecular formula is C21H34O2Si. The van der Waals surface area contributed by atoms with Crippen LogP contribution in [0.1, 0.15) is 58.3 Å². The minimum Gasteiger partial charge on any atom is -0.414 e. The standard InChI is InChI=1S/C21H34O2Si/c1-21-12-11-17-16-8-6-15(22)13-14(16)5-7-18(17)19(21)9-10-20(21)23-24(2,3)4/h13,16-20H,5-12H2,1-4H3/t16-,17+,18+,19-,20?,21-/m0/s1. The number of carbonyl (C=O) groups is 1. The van der Waals surface area contributed by atoms with Crippen molar-refractivity contribution in [3.05, 3.63) is 11.6 Å². The smallest absolute Gasteiger partial charge is 0.184 e. The van der Waals surface area contributed by atoms with Crippen LogP contribution >= 0.6 is 0 Å². The van der Waals surface area contributed by atoms with Gasteiger partial charge in [-0.1, -0.05) is 12.5 Å². The zero-order chi connectivity index (χ0) is 17.1. The molecule has 3 fully saturated rings. The van der Waals surface area contributed by atoms with Gasteiger partial charge >= 0.3 is 0 Å². The average Bonchev–Trinajstić information content (AvgIpc) is 2.82. The van der Waals surface area contributed by atoms with E-state index in [1.807, 2.05) is 6.08 Å². The second kappa shape index (κ2) is 5.80. The van der Waals surface area contributed by atoms with Crippen molar-refractivity contribution in [2.24, 2.45) is 29.1 Å². The first-order valence-electron chi connectivity index (χ1n) is 10.2. The summed E-state index contributed by atoms with van der Waals surface area (Å²) in [5.74, 6) is 3.70. The van der Waals surface area contributed by atoms with Crippen LogP contribution in [-0.2, 0) is 9.22 Å². The highest BCUT2D eigenvalue weighted by molar-refractivity contribution is 6.69. The zero-order valence-corrected chi connectivity index (χ0v) is 16.9. The van der Waals surface area contributed by atoms with Crippen LogP contribution in [0.25, 0.3) is 0 Å². The fourth-order valence-electron chi connectivity index (χ4n) is 6.75. The van der Waals surface area contributed by atoms with Crippen molar-refractivity contribution in [3.8, 4) is 0 Å². The number of rotatable bonds is 2. The third-order valence-corrected chi connectivity index (χ3v) is 8.70. The molecule has 0 N–H and O–H groups in total. The lowest BCUT2D eigenvalue weighted by molar-refractivity contribution is -0.116. The van der Waals surface area contributed by atoms with E-state index in [1.54, 1.807) is 0 Å². The van der Waals surface area contributed by atoms with Crippen molar-refractivity contribution in [2.45, 2.75) is 84.0 Å². The minimum atomic E-state index is -1.47. The first-order valence-corrected chi connectivity index (χ1v) is 13.6. The quantitative estimate of drug-likeness (QED) is 0.630. The fourth-order valence-corrected chi connectivity index (χ4v) is 7.99. The Balaban J connectivity index is 1.56. The molecule has 3 saturated carbocycles. The van der Waals surface area contributed by atoms with E-state index < -0.39 is 8.32 Å². The molecule has 24 heavy (non-hydrogen) atoms. The van der Waals surface area contributed by atoms with E-state index in [1.165, 1.54) is 44.1 Å². The Morgan fingerprint density at radius 3 is 2.58 bits per heavy atom. The SMILES string of the molecule is C[C@]12CC[C@H]3[C@@H](CCC4=CC(=O)CC[C@@H]43)[C@@H]1CCC2O[Si](C)(C)C. The molecule has 0 aliphatic heterocycles. The van der Waals surface area contributed by atoms with Crippen LogP contribution in [0.3, 0.4) is 0 Å². The summed E-state index contributed by atoms with van der Waals surface area (Å²) < 4.78 is 6.65. The molecule has 134 valence electrons. The van der Waals surface area contributed by atoms with Crippen molar-refractivity contribution in [1.82, 2.24) is 0 Å². The van der Waals surface area contributed by atoms with Gasteiger partial charge < -0.3 is 4.43 Å². The van der Waals surface area contributed by atoms with Gasteiger partial charge in [-0.15, -0.1) is 0 Å². The molecule has 3 heteroatoms. The first kappa shape index (κ1) is 17.0. The molecule has 0 saturated heterocycles. The van der Waals surface area contributed by atoms with E-state index in [0.29, 0.717) is 17.3 Å². The topological polar surface area (TPSA) is 26.3 Å². The molecule has 0 amide bonds. The number of ketones is 1. The summed E-state index contributed by atoms with van der Waals surface area (Å²) in [4.78, 5) is 11.8. The molecule has 0 aromatic carbocycles. The molecule has 4 aliphatic rings. The molecule has 0 radical (unpaired) electrons. The molecule has 4 aliphatic carbocycles.